The fourth-order valence-corrected chi connectivity index (χ4v) is 3.29. The van der Waals surface area contributed by atoms with E-state index in [0.717, 1.165) is 4.88 Å². The van der Waals surface area contributed by atoms with E-state index in [1.807, 2.05) is 0 Å². The first kappa shape index (κ1) is 12.7. The number of allylic oxidation sites excluding steroid dienone is 2. The van der Waals surface area contributed by atoms with Crippen LogP contribution in [0.3, 0.4) is 0 Å². The van der Waals surface area contributed by atoms with Gasteiger partial charge in [0, 0.05) is 4.88 Å². The zero-order chi connectivity index (χ0) is 11.6. The molecule has 84 valence electrons. The molecule has 0 bridgehead atoms. The Morgan fingerprint density at radius 1 is 1.53 bits per heavy atom. The predicted octanol–water partition coefficient (Wildman–Crippen LogP) is 3.43. The predicted molar refractivity (Wildman–Crippen MR) is 63.8 cm³/mol. The summed E-state index contributed by atoms with van der Waals surface area (Å²) in [6.07, 6.45) is 0.264. The lowest BCUT2D eigenvalue weighted by Crippen LogP contribution is -2.02. The van der Waals surface area contributed by atoms with Gasteiger partial charge in [-0.25, -0.2) is 0 Å². The topological polar surface area (TPSA) is 54.4 Å². The molecule has 1 heterocycles. The van der Waals surface area contributed by atoms with E-state index in [-0.39, 0.29) is 11.3 Å². The van der Waals surface area contributed by atoms with Crippen LogP contribution in [0.5, 0.6) is 0 Å². The molecule has 0 saturated heterocycles. The van der Waals surface area contributed by atoms with Crippen molar-refractivity contribution in [1.29, 1.82) is 0 Å². The molecule has 0 radical (unpaired) electrons. The van der Waals surface area contributed by atoms with Gasteiger partial charge in [0.25, 0.3) is 10.1 Å². The van der Waals surface area contributed by atoms with E-state index in [2.05, 4.69) is 0 Å². The molecule has 1 N–H and O–H groups in total. The van der Waals surface area contributed by atoms with Gasteiger partial charge in [-0.05, 0) is 31.1 Å². The molecule has 3 nitrogen and oxygen atoms in total. The van der Waals surface area contributed by atoms with E-state index in [9.17, 15) is 8.42 Å². The average Bonchev–Trinajstić information content (AvgIpc) is 2.50. The van der Waals surface area contributed by atoms with E-state index in [0.29, 0.717) is 9.91 Å². The number of hydrogen-bond donors (Lipinski definition) is 1. The fraction of sp³-hybridized carbons (Fsp3) is 0.333. The molecule has 6 heteroatoms. The second-order valence-corrected chi connectivity index (χ2v) is 6.14. The summed E-state index contributed by atoms with van der Waals surface area (Å²) >= 11 is 7.04. The second kappa shape index (κ2) is 4.65. The smallest absolute Gasteiger partial charge is 0.282 e. The number of rotatable bonds is 3. The van der Waals surface area contributed by atoms with Gasteiger partial charge in [0.1, 0.15) is 0 Å². The first-order valence-corrected chi connectivity index (χ1v) is 6.92. The summed E-state index contributed by atoms with van der Waals surface area (Å²) in [5.74, 6) is 0. The van der Waals surface area contributed by atoms with Gasteiger partial charge in [-0.1, -0.05) is 18.5 Å². The summed E-state index contributed by atoms with van der Waals surface area (Å²) in [5.41, 5.74) is 0.553. The van der Waals surface area contributed by atoms with Crippen molar-refractivity contribution < 1.29 is 13.0 Å². The summed E-state index contributed by atoms with van der Waals surface area (Å²) in [6.45, 7) is 3.34. The first-order chi connectivity index (χ1) is 6.86. The average molecular weight is 267 g/mol. The summed E-state index contributed by atoms with van der Waals surface area (Å²) in [5, 5.41) is 0. The third-order valence-corrected chi connectivity index (χ3v) is 4.56. The summed E-state index contributed by atoms with van der Waals surface area (Å²) in [7, 11) is -4.11. The molecule has 0 aliphatic carbocycles. The maximum Gasteiger partial charge on any atom is 0.290 e. The summed E-state index contributed by atoms with van der Waals surface area (Å²) in [6, 6.07) is 3.44. The molecule has 0 fully saturated rings. The Morgan fingerprint density at radius 3 is 2.47 bits per heavy atom. The van der Waals surface area contributed by atoms with E-state index in [1.54, 1.807) is 26.0 Å². The lowest BCUT2D eigenvalue weighted by Gasteiger charge is -2.05. The van der Waals surface area contributed by atoms with Gasteiger partial charge >= 0.3 is 0 Å². The molecular weight excluding hydrogens is 256 g/mol. The maximum atomic E-state index is 11.1. The van der Waals surface area contributed by atoms with Gasteiger partial charge in [-0.3, -0.25) is 4.55 Å². The standard InChI is InChI=1S/C9H11ClO3S2/c1-3-8(15(11,12)13)6(2)7-4-5-9(10)14-7/h4-5H,3H2,1-2H3,(H,11,12,13). The van der Waals surface area contributed by atoms with Crippen LogP contribution in [0.4, 0.5) is 0 Å². The highest BCUT2D eigenvalue weighted by molar-refractivity contribution is 7.90. The molecule has 1 aromatic heterocycles. The van der Waals surface area contributed by atoms with Gasteiger partial charge < -0.3 is 0 Å². The van der Waals surface area contributed by atoms with Crippen molar-refractivity contribution >= 4 is 38.6 Å². The number of halogens is 1. The Morgan fingerprint density at radius 2 is 2.13 bits per heavy atom. The van der Waals surface area contributed by atoms with Crippen molar-refractivity contribution in [3.8, 4) is 0 Å². The Labute approximate surface area is 98.1 Å². The van der Waals surface area contributed by atoms with Crippen LogP contribution >= 0.6 is 22.9 Å². The minimum Gasteiger partial charge on any atom is -0.282 e. The van der Waals surface area contributed by atoms with Crippen molar-refractivity contribution in [3.05, 3.63) is 26.3 Å². The molecular formula is C9H11ClO3S2. The van der Waals surface area contributed by atoms with E-state index < -0.39 is 10.1 Å². The van der Waals surface area contributed by atoms with Gasteiger partial charge in [-0.15, -0.1) is 11.3 Å². The van der Waals surface area contributed by atoms with Gasteiger partial charge in [0.15, 0.2) is 0 Å². The lowest BCUT2D eigenvalue weighted by molar-refractivity contribution is 0.490. The lowest BCUT2D eigenvalue weighted by atomic mass is 10.2. The zero-order valence-corrected chi connectivity index (χ0v) is 10.7. The fourth-order valence-electron chi connectivity index (χ4n) is 1.29. The van der Waals surface area contributed by atoms with Crippen LogP contribution in [0.1, 0.15) is 25.1 Å². The maximum absolute atomic E-state index is 11.1. The normalized spacial score (nSPS) is 13.9. The largest absolute Gasteiger partial charge is 0.290 e. The van der Waals surface area contributed by atoms with Gasteiger partial charge in [0.05, 0.1) is 9.24 Å². The number of thiophene rings is 1. The Bertz CT molecular complexity index is 485. The highest BCUT2D eigenvalue weighted by Gasteiger charge is 2.16. The molecule has 0 aromatic carbocycles. The second-order valence-electron chi connectivity index (χ2n) is 2.98. The monoisotopic (exact) mass is 266 g/mol. The van der Waals surface area contributed by atoms with Crippen molar-refractivity contribution in [1.82, 2.24) is 0 Å². The molecule has 0 amide bonds. The number of hydrogen-bond acceptors (Lipinski definition) is 3. The van der Waals surface area contributed by atoms with Crippen LogP contribution in [0.15, 0.2) is 17.0 Å². The molecule has 0 aliphatic rings. The minimum atomic E-state index is -4.11. The molecule has 0 atom stereocenters. The van der Waals surface area contributed by atoms with Gasteiger partial charge in [-0.2, -0.15) is 8.42 Å². The van der Waals surface area contributed by atoms with E-state index in [4.69, 9.17) is 16.2 Å². The Hall–Kier alpha value is -0.360. The third-order valence-electron chi connectivity index (χ3n) is 1.99. The molecule has 0 aliphatic heterocycles. The van der Waals surface area contributed by atoms with Crippen LogP contribution in [0.2, 0.25) is 4.34 Å². The molecule has 15 heavy (non-hydrogen) atoms. The van der Waals surface area contributed by atoms with Crippen LogP contribution in [0, 0.1) is 0 Å². The van der Waals surface area contributed by atoms with Crippen molar-refractivity contribution in [2.75, 3.05) is 0 Å². The highest BCUT2D eigenvalue weighted by atomic mass is 35.5. The molecule has 0 unspecified atom stereocenters. The van der Waals surface area contributed by atoms with Crippen LogP contribution in [0.25, 0.3) is 5.57 Å². The minimum absolute atomic E-state index is 0.0426. The Kier molecular flexibility index (Phi) is 3.94. The highest BCUT2D eigenvalue weighted by Crippen LogP contribution is 2.31. The Balaban J connectivity index is 3.30. The van der Waals surface area contributed by atoms with Crippen molar-refractivity contribution in [2.24, 2.45) is 0 Å². The van der Waals surface area contributed by atoms with Crippen LogP contribution < -0.4 is 0 Å². The molecule has 0 spiro atoms. The van der Waals surface area contributed by atoms with Gasteiger partial charge in [0.2, 0.25) is 0 Å². The van der Waals surface area contributed by atoms with Crippen LogP contribution in [-0.4, -0.2) is 13.0 Å². The molecule has 0 saturated carbocycles. The molecule has 1 aromatic rings. The third kappa shape index (κ3) is 3.04. The summed E-state index contributed by atoms with van der Waals surface area (Å²) in [4.78, 5) is 0.801. The van der Waals surface area contributed by atoms with E-state index in [1.165, 1.54) is 11.3 Å². The first-order valence-electron chi connectivity index (χ1n) is 4.29. The summed E-state index contributed by atoms with van der Waals surface area (Å²) < 4.78 is 31.7. The van der Waals surface area contributed by atoms with Crippen molar-refractivity contribution in [2.45, 2.75) is 20.3 Å². The van der Waals surface area contributed by atoms with Crippen molar-refractivity contribution in [3.63, 3.8) is 0 Å². The van der Waals surface area contributed by atoms with E-state index >= 15 is 0 Å². The quantitative estimate of drug-likeness (QED) is 0.853. The van der Waals surface area contributed by atoms with Crippen LogP contribution in [-0.2, 0) is 10.1 Å². The molecule has 1 rings (SSSR count). The SMILES string of the molecule is CCC(=C(C)c1ccc(Cl)s1)S(=O)(=O)O. The zero-order valence-electron chi connectivity index (χ0n) is 8.32.